The second kappa shape index (κ2) is 6.17. The molecule has 3 heterocycles. The van der Waals surface area contributed by atoms with E-state index in [1.54, 1.807) is 11.3 Å². The molecule has 1 saturated heterocycles. The minimum atomic E-state index is -0.120. The van der Waals surface area contributed by atoms with Gasteiger partial charge in [-0.25, -0.2) is 4.98 Å². The molecule has 108 valence electrons. The van der Waals surface area contributed by atoms with Crippen molar-refractivity contribution >= 4 is 43.2 Å². The summed E-state index contributed by atoms with van der Waals surface area (Å²) in [6, 6.07) is 1.96. The molecule has 2 aromatic heterocycles. The minimum absolute atomic E-state index is 0.113. The van der Waals surface area contributed by atoms with Crippen LogP contribution >= 0.6 is 22.7 Å². The molecule has 2 aromatic rings. The molecule has 1 N–H and O–H groups in total. The average Bonchev–Trinajstić information content (AvgIpc) is 2.99. The van der Waals surface area contributed by atoms with Crippen LogP contribution in [0.15, 0.2) is 11.4 Å². The number of hydrogen-bond donors (Lipinski definition) is 1. The van der Waals surface area contributed by atoms with E-state index in [4.69, 9.17) is 4.74 Å². The Kier molecular flexibility index (Phi) is 4.30. The molecule has 0 unspecified atom stereocenters. The molecule has 0 radical (unpaired) electrons. The van der Waals surface area contributed by atoms with Crippen molar-refractivity contribution in [2.24, 2.45) is 0 Å². The van der Waals surface area contributed by atoms with Crippen LogP contribution in [-0.4, -0.2) is 48.6 Å². The molecule has 0 bridgehead atoms. The highest BCUT2D eigenvalue weighted by molar-refractivity contribution is 7.39. The summed E-state index contributed by atoms with van der Waals surface area (Å²) in [5, 5.41) is 5.46. The molecular formula is C13H17N3O2S2. The van der Waals surface area contributed by atoms with Crippen LogP contribution in [0.1, 0.15) is 12.8 Å². The Balaban J connectivity index is 1.46. The monoisotopic (exact) mass is 311 g/mol. The first-order valence-electron chi connectivity index (χ1n) is 6.65. The van der Waals surface area contributed by atoms with Gasteiger partial charge in [0.15, 0.2) is 5.13 Å². The summed E-state index contributed by atoms with van der Waals surface area (Å²) in [5.41, 5.74) is 0.950. The Bertz CT molecular complexity index is 559. The number of likely N-dealkylation sites (tertiary alicyclic amines) is 1. The number of ether oxygens (including phenoxy) is 1. The molecule has 3 rings (SSSR count). The summed E-state index contributed by atoms with van der Waals surface area (Å²) in [5.74, 6) is -0.120. The predicted molar refractivity (Wildman–Crippen MR) is 82.6 cm³/mol. The van der Waals surface area contributed by atoms with Crippen LogP contribution in [0.2, 0.25) is 0 Å². The normalized spacial score (nSPS) is 17.6. The number of fused-ring (bicyclic) bond motifs is 1. The summed E-state index contributed by atoms with van der Waals surface area (Å²) in [7, 11) is 2.11. The standard InChI is InChI=1S/C13H17N3O2S2/c1-16-5-2-9(3-6-16)18-8-11(17)15-13-14-10-4-7-19-12(10)20-13/h4,7,9H,2-3,5-6,8H2,1H3,(H,14,15,17). The molecule has 1 fully saturated rings. The van der Waals surface area contributed by atoms with E-state index in [2.05, 4.69) is 22.2 Å². The molecule has 20 heavy (non-hydrogen) atoms. The predicted octanol–water partition coefficient (Wildman–Crippen LogP) is 2.41. The molecular weight excluding hydrogens is 294 g/mol. The van der Waals surface area contributed by atoms with Crippen LogP contribution in [0, 0.1) is 0 Å². The molecule has 1 amide bonds. The van der Waals surface area contributed by atoms with Crippen molar-refractivity contribution in [3.63, 3.8) is 0 Å². The average molecular weight is 311 g/mol. The van der Waals surface area contributed by atoms with Crippen molar-refractivity contribution in [3.05, 3.63) is 11.4 Å². The third-order valence-electron chi connectivity index (χ3n) is 3.38. The first kappa shape index (κ1) is 13.9. The Morgan fingerprint density at radius 2 is 2.35 bits per heavy atom. The van der Waals surface area contributed by atoms with Gasteiger partial charge in [0, 0.05) is 13.1 Å². The molecule has 0 aromatic carbocycles. The Morgan fingerprint density at radius 1 is 1.55 bits per heavy atom. The fourth-order valence-electron chi connectivity index (χ4n) is 2.22. The van der Waals surface area contributed by atoms with E-state index in [9.17, 15) is 4.79 Å². The van der Waals surface area contributed by atoms with Crippen LogP contribution in [0.25, 0.3) is 9.53 Å². The number of anilines is 1. The minimum Gasteiger partial charge on any atom is -0.368 e. The van der Waals surface area contributed by atoms with E-state index < -0.39 is 0 Å². The van der Waals surface area contributed by atoms with Crippen LogP contribution in [0.4, 0.5) is 5.13 Å². The number of thiophene rings is 1. The molecule has 1 aliphatic heterocycles. The Hall–Kier alpha value is -1.02. The fraction of sp³-hybridized carbons (Fsp3) is 0.538. The zero-order valence-electron chi connectivity index (χ0n) is 11.3. The highest BCUT2D eigenvalue weighted by atomic mass is 32.2. The largest absolute Gasteiger partial charge is 0.368 e. The van der Waals surface area contributed by atoms with Gasteiger partial charge in [-0.05, 0) is 31.3 Å². The molecule has 5 nitrogen and oxygen atoms in total. The van der Waals surface area contributed by atoms with E-state index in [0.29, 0.717) is 5.13 Å². The van der Waals surface area contributed by atoms with Crippen molar-refractivity contribution in [2.45, 2.75) is 18.9 Å². The molecule has 0 saturated carbocycles. The molecule has 7 heteroatoms. The molecule has 0 atom stereocenters. The number of amides is 1. The lowest BCUT2D eigenvalue weighted by Gasteiger charge is -2.28. The van der Waals surface area contributed by atoms with Gasteiger partial charge in [-0.1, -0.05) is 11.3 Å². The summed E-state index contributed by atoms with van der Waals surface area (Å²) in [6.45, 7) is 2.19. The Labute approximate surface area is 125 Å². The maximum absolute atomic E-state index is 11.8. The first-order chi connectivity index (χ1) is 9.70. The maximum Gasteiger partial charge on any atom is 0.252 e. The van der Waals surface area contributed by atoms with Gasteiger partial charge in [-0.15, -0.1) is 11.3 Å². The number of thiazole rings is 1. The number of nitrogens with zero attached hydrogens (tertiary/aromatic N) is 2. The third kappa shape index (κ3) is 3.35. The van der Waals surface area contributed by atoms with Crippen LogP contribution < -0.4 is 5.32 Å². The second-order valence-corrected chi connectivity index (χ2v) is 7.15. The van der Waals surface area contributed by atoms with Gasteiger partial charge in [0.25, 0.3) is 5.91 Å². The topological polar surface area (TPSA) is 54.5 Å². The van der Waals surface area contributed by atoms with E-state index in [0.717, 1.165) is 35.5 Å². The van der Waals surface area contributed by atoms with Crippen LogP contribution in [0.5, 0.6) is 0 Å². The van der Waals surface area contributed by atoms with E-state index >= 15 is 0 Å². The van der Waals surface area contributed by atoms with E-state index in [-0.39, 0.29) is 18.6 Å². The first-order valence-corrected chi connectivity index (χ1v) is 8.34. The van der Waals surface area contributed by atoms with Gasteiger partial charge < -0.3 is 9.64 Å². The molecule has 0 aliphatic carbocycles. The van der Waals surface area contributed by atoms with Crippen molar-refractivity contribution < 1.29 is 9.53 Å². The van der Waals surface area contributed by atoms with Gasteiger partial charge in [-0.2, -0.15) is 0 Å². The lowest BCUT2D eigenvalue weighted by atomic mass is 10.1. The number of carbonyl (C=O) groups is 1. The zero-order valence-corrected chi connectivity index (χ0v) is 12.9. The van der Waals surface area contributed by atoms with Crippen LogP contribution in [-0.2, 0) is 9.53 Å². The fourth-order valence-corrected chi connectivity index (χ4v) is 4.08. The highest BCUT2D eigenvalue weighted by Crippen LogP contribution is 2.30. The molecule has 0 spiro atoms. The van der Waals surface area contributed by atoms with Crippen molar-refractivity contribution in [1.29, 1.82) is 0 Å². The number of rotatable bonds is 4. The van der Waals surface area contributed by atoms with Gasteiger partial charge >= 0.3 is 0 Å². The summed E-state index contributed by atoms with van der Waals surface area (Å²) >= 11 is 3.15. The lowest BCUT2D eigenvalue weighted by molar-refractivity contribution is -0.123. The van der Waals surface area contributed by atoms with Gasteiger partial charge in [0.1, 0.15) is 10.6 Å². The number of aromatic nitrogens is 1. The van der Waals surface area contributed by atoms with Crippen molar-refractivity contribution in [3.8, 4) is 0 Å². The highest BCUT2D eigenvalue weighted by Gasteiger charge is 2.18. The second-order valence-electron chi connectivity index (χ2n) is 4.97. The third-order valence-corrected chi connectivity index (χ3v) is 5.40. The Morgan fingerprint density at radius 3 is 3.10 bits per heavy atom. The van der Waals surface area contributed by atoms with Crippen molar-refractivity contribution in [2.75, 3.05) is 32.1 Å². The maximum atomic E-state index is 11.8. The van der Waals surface area contributed by atoms with E-state index in [1.807, 2.05) is 11.4 Å². The number of hydrogen-bond acceptors (Lipinski definition) is 6. The quantitative estimate of drug-likeness (QED) is 0.942. The van der Waals surface area contributed by atoms with E-state index in [1.165, 1.54) is 11.3 Å². The number of carbonyl (C=O) groups excluding carboxylic acids is 1. The summed E-state index contributed by atoms with van der Waals surface area (Å²) in [6.07, 6.45) is 2.20. The lowest BCUT2D eigenvalue weighted by Crippen LogP contribution is -2.35. The zero-order chi connectivity index (χ0) is 13.9. The SMILES string of the molecule is CN1CCC(OCC(=O)Nc2nc3ccsc3s2)CC1. The summed E-state index contributed by atoms with van der Waals surface area (Å²) in [4.78, 5) is 18.5. The number of nitrogens with one attached hydrogen (secondary N) is 1. The van der Waals surface area contributed by atoms with Crippen LogP contribution in [0.3, 0.4) is 0 Å². The number of piperidine rings is 1. The van der Waals surface area contributed by atoms with Gasteiger partial charge in [-0.3, -0.25) is 10.1 Å². The van der Waals surface area contributed by atoms with Crippen molar-refractivity contribution in [1.82, 2.24) is 9.88 Å². The van der Waals surface area contributed by atoms with Gasteiger partial charge in [0.05, 0.1) is 11.6 Å². The smallest absolute Gasteiger partial charge is 0.252 e. The van der Waals surface area contributed by atoms with Gasteiger partial charge in [0.2, 0.25) is 0 Å². The summed E-state index contributed by atoms with van der Waals surface area (Å²) < 4.78 is 6.80. The molecule has 1 aliphatic rings.